The zero-order chi connectivity index (χ0) is 15.6. The number of para-hydroxylation sites is 1. The summed E-state index contributed by atoms with van der Waals surface area (Å²) < 4.78 is 0. The van der Waals surface area contributed by atoms with Crippen LogP contribution in [0.5, 0.6) is 0 Å². The van der Waals surface area contributed by atoms with E-state index in [1.807, 2.05) is 66.7 Å². The van der Waals surface area contributed by atoms with E-state index in [1.165, 1.54) is 0 Å². The predicted molar refractivity (Wildman–Crippen MR) is 94.2 cm³/mol. The van der Waals surface area contributed by atoms with Gasteiger partial charge in [0, 0.05) is 16.5 Å². The minimum absolute atomic E-state index is 0.664. The number of aliphatic hydroxyl groups is 1. The van der Waals surface area contributed by atoms with Gasteiger partial charge in [-0.05, 0) is 17.2 Å². The monoisotopic (exact) mass is 299 g/mol. The van der Waals surface area contributed by atoms with Crippen molar-refractivity contribution >= 4 is 10.9 Å². The van der Waals surface area contributed by atoms with Gasteiger partial charge in [0.15, 0.2) is 0 Å². The highest BCUT2D eigenvalue weighted by atomic mass is 16.3. The second-order valence-corrected chi connectivity index (χ2v) is 5.64. The number of hydrogen-bond donors (Lipinski definition) is 2. The molecule has 3 aromatic carbocycles. The average Bonchev–Trinajstić information content (AvgIpc) is 3.02. The van der Waals surface area contributed by atoms with E-state index < -0.39 is 6.10 Å². The van der Waals surface area contributed by atoms with Crippen molar-refractivity contribution in [1.82, 2.24) is 4.98 Å². The Labute approximate surface area is 135 Å². The highest BCUT2D eigenvalue weighted by Gasteiger charge is 2.20. The molecule has 0 fully saturated rings. The van der Waals surface area contributed by atoms with Gasteiger partial charge in [-0.2, -0.15) is 0 Å². The number of aromatic amines is 1. The molecule has 0 aliphatic carbocycles. The fourth-order valence-corrected chi connectivity index (χ4v) is 3.08. The van der Waals surface area contributed by atoms with Crippen LogP contribution in [0.25, 0.3) is 22.2 Å². The van der Waals surface area contributed by atoms with E-state index in [0.717, 1.165) is 33.3 Å². The number of benzene rings is 3. The van der Waals surface area contributed by atoms with E-state index in [1.54, 1.807) is 0 Å². The Morgan fingerprint density at radius 3 is 2.04 bits per heavy atom. The van der Waals surface area contributed by atoms with Crippen LogP contribution in [-0.4, -0.2) is 10.1 Å². The largest absolute Gasteiger partial charge is 0.384 e. The molecule has 112 valence electrons. The molecule has 23 heavy (non-hydrogen) atoms. The lowest BCUT2D eigenvalue weighted by molar-refractivity contribution is 0.222. The van der Waals surface area contributed by atoms with Crippen LogP contribution >= 0.6 is 0 Å². The van der Waals surface area contributed by atoms with Gasteiger partial charge in [-0.3, -0.25) is 0 Å². The number of aliphatic hydroxyl groups excluding tert-OH is 1. The fourth-order valence-electron chi connectivity index (χ4n) is 3.08. The Bertz CT molecular complexity index is 926. The molecule has 0 radical (unpaired) electrons. The maximum absolute atomic E-state index is 11.0. The zero-order valence-electron chi connectivity index (χ0n) is 12.6. The van der Waals surface area contributed by atoms with Crippen LogP contribution < -0.4 is 0 Å². The Morgan fingerprint density at radius 1 is 0.696 bits per heavy atom. The van der Waals surface area contributed by atoms with Crippen molar-refractivity contribution in [3.8, 4) is 11.3 Å². The molecule has 0 aliphatic rings. The SMILES string of the molecule is OC(c1ccccc1)c1c(-c2ccccc2)[nH]c2ccccc12. The Hall–Kier alpha value is -2.84. The number of aromatic nitrogens is 1. The lowest BCUT2D eigenvalue weighted by Gasteiger charge is -2.13. The molecule has 0 amide bonds. The molecule has 4 aromatic rings. The van der Waals surface area contributed by atoms with Gasteiger partial charge in [0.05, 0.1) is 5.69 Å². The van der Waals surface area contributed by atoms with E-state index in [0.29, 0.717) is 0 Å². The summed E-state index contributed by atoms with van der Waals surface area (Å²) in [4.78, 5) is 3.47. The summed E-state index contributed by atoms with van der Waals surface area (Å²) in [6.07, 6.45) is -0.664. The zero-order valence-corrected chi connectivity index (χ0v) is 12.6. The van der Waals surface area contributed by atoms with E-state index in [2.05, 4.69) is 23.2 Å². The molecule has 1 heterocycles. The van der Waals surface area contributed by atoms with Crippen LogP contribution in [0.1, 0.15) is 17.2 Å². The van der Waals surface area contributed by atoms with Crippen molar-refractivity contribution < 1.29 is 5.11 Å². The second kappa shape index (κ2) is 5.75. The van der Waals surface area contributed by atoms with Crippen molar-refractivity contribution in [2.45, 2.75) is 6.10 Å². The van der Waals surface area contributed by atoms with Gasteiger partial charge in [0.1, 0.15) is 6.10 Å². The summed E-state index contributed by atoms with van der Waals surface area (Å²) in [5, 5.41) is 12.1. The van der Waals surface area contributed by atoms with Gasteiger partial charge in [0.2, 0.25) is 0 Å². The molecular weight excluding hydrogens is 282 g/mol. The maximum atomic E-state index is 11.0. The molecule has 1 aromatic heterocycles. The van der Waals surface area contributed by atoms with Crippen LogP contribution in [0.3, 0.4) is 0 Å². The van der Waals surface area contributed by atoms with Crippen molar-refractivity contribution in [2.75, 3.05) is 0 Å². The predicted octanol–water partition coefficient (Wildman–Crippen LogP) is 4.92. The number of nitrogens with one attached hydrogen (secondary N) is 1. The lowest BCUT2D eigenvalue weighted by atomic mass is 9.96. The normalized spacial score (nSPS) is 12.4. The maximum Gasteiger partial charge on any atom is 0.107 e. The molecule has 0 saturated heterocycles. The van der Waals surface area contributed by atoms with Crippen LogP contribution in [0.15, 0.2) is 84.9 Å². The Kier molecular flexibility index (Phi) is 3.45. The van der Waals surface area contributed by atoms with Crippen LogP contribution in [0.2, 0.25) is 0 Å². The molecule has 2 N–H and O–H groups in total. The van der Waals surface area contributed by atoms with E-state index in [-0.39, 0.29) is 0 Å². The summed E-state index contributed by atoms with van der Waals surface area (Å²) in [7, 11) is 0. The topological polar surface area (TPSA) is 36.0 Å². The van der Waals surface area contributed by atoms with Gasteiger partial charge in [0.25, 0.3) is 0 Å². The number of fused-ring (bicyclic) bond motifs is 1. The first-order valence-electron chi connectivity index (χ1n) is 7.73. The number of rotatable bonds is 3. The first kappa shape index (κ1) is 13.8. The van der Waals surface area contributed by atoms with Gasteiger partial charge < -0.3 is 10.1 Å². The molecule has 1 unspecified atom stereocenters. The minimum atomic E-state index is -0.664. The van der Waals surface area contributed by atoms with Crippen molar-refractivity contribution in [2.24, 2.45) is 0 Å². The number of hydrogen-bond acceptors (Lipinski definition) is 1. The quantitative estimate of drug-likeness (QED) is 0.553. The fraction of sp³-hybridized carbons (Fsp3) is 0.0476. The standard InChI is InChI=1S/C21H17NO/c23-21(16-11-5-2-6-12-16)19-17-13-7-8-14-18(17)22-20(19)15-9-3-1-4-10-15/h1-14,21-23H. The van der Waals surface area contributed by atoms with Gasteiger partial charge in [-0.25, -0.2) is 0 Å². The Balaban J connectivity index is 1.97. The molecule has 0 saturated carbocycles. The molecule has 0 aliphatic heterocycles. The highest BCUT2D eigenvalue weighted by molar-refractivity contribution is 5.91. The van der Waals surface area contributed by atoms with Crippen molar-refractivity contribution in [3.63, 3.8) is 0 Å². The second-order valence-electron chi connectivity index (χ2n) is 5.64. The highest BCUT2D eigenvalue weighted by Crippen LogP contribution is 2.37. The van der Waals surface area contributed by atoms with E-state index in [9.17, 15) is 5.11 Å². The third-order valence-corrected chi connectivity index (χ3v) is 4.20. The average molecular weight is 299 g/mol. The smallest absolute Gasteiger partial charge is 0.107 e. The lowest BCUT2D eigenvalue weighted by Crippen LogP contribution is -2.00. The van der Waals surface area contributed by atoms with Gasteiger partial charge in [-0.1, -0.05) is 78.9 Å². The van der Waals surface area contributed by atoms with E-state index >= 15 is 0 Å². The number of H-pyrrole nitrogens is 1. The summed E-state index contributed by atoms with van der Waals surface area (Å²) >= 11 is 0. The molecule has 0 bridgehead atoms. The molecule has 2 heteroatoms. The molecule has 0 spiro atoms. The van der Waals surface area contributed by atoms with E-state index in [4.69, 9.17) is 0 Å². The summed E-state index contributed by atoms with van der Waals surface area (Å²) in [5.74, 6) is 0. The van der Waals surface area contributed by atoms with Crippen molar-refractivity contribution in [3.05, 3.63) is 96.1 Å². The first-order valence-corrected chi connectivity index (χ1v) is 7.73. The summed E-state index contributed by atoms with van der Waals surface area (Å²) in [5.41, 5.74) is 4.92. The molecule has 2 nitrogen and oxygen atoms in total. The third kappa shape index (κ3) is 2.43. The molecule has 4 rings (SSSR count). The van der Waals surface area contributed by atoms with Crippen LogP contribution in [0, 0.1) is 0 Å². The van der Waals surface area contributed by atoms with Crippen LogP contribution in [-0.2, 0) is 0 Å². The third-order valence-electron chi connectivity index (χ3n) is 4.20. The molecular formula is C21H17NO. The first-order chi connectivity index (χ1) is 11.3. The van der Waals surface area contributed by atoms with Gasteiger partial charge >= 0.3 is 0 Å². The van der Waals surface area contributed by atoms with Crippen molar-refractivity contribution in [1.29, 1.82) is 0 Å². The minimum Gasteiger partial charge on any atom is -0.384 e. The summed E-state index contributed by atoms with van der Waals surface area (Å²) in [6, 6.07) is 28.1. The Morgan fingerprint density at radius 2 is 1.30 bits per heavy atom. The molecule has 1 atom stereocenters. The van der Waals surface area contributed by atoms with Gasteiger partial charge in [-0.15, -0.1) is 0 Å². The summed E-state index contributed by atoms with van der Waals surface area (Å²) in [6.45, 7) is 0. The van der Waals surface area contributed by atoms with Crippen LogP contribution in [0.4, 0.5) is 0 Å².